The number of aromatic nitrogens is 2. The Morgan fingerprint density at radius 1 is 1.32 bits per heavy atom. The smallest absolute Gasteiger partial charge is 0.442 e. The fourth-order valence-corrected chi connectivity index (χ4v) is 5.90. The predicted octanol–water partition coefficient (Wildman–Crippen LogP) is 3.60. The first-order chi connectivity index (χ1) is 18.0. The van der Waals surface area contributed by atoms with Crippen LogP contribution in [0.25, 0.3) is 5.69 Å². The van der Waals surface area contributed by atoms with Crippen LogP contribution in [0.2, 0.25) is 0 Å². The minimum atomic E-state index is -0.692. The van der Waals surface area contributed by atoms with E-state index in [1.807, 2.05) is 20.8 Å². The van der Waals surface area contributed by atoms with Gasteiger partial charge in [-0.05, 0) is 73.5 Å². The number of nitrogens with one attached hydrogen (secondary N) is 2. The molecule has 0 radical (unpaired) electrons. The third-order valence-corrected chi connectivity index (χ3v) is 7.93. The number of anilines is 1. The average molecular weight is 559 g/mol. The van der Waals surface area contributed by atoms with Gasteiger partial charge >= 0.3 is 16.7 Å². The number of thioether (sulfide) groups is 1. The summed E-state index contributed by atoms with van der Waals surface area (Å²) in [6, 6.07) is 9.17. The quantitative estimate of drug-likeness (QED) is 0.345. The molecule has 1 unspecified atom stereocenters. The molecular formula is C25H28N5O6S2+. The summed E-state index contributed by atoms with van der Waals surface area (Å²) in [5.41, 5.74) is 0.626. The van der Waals surface area contributed by atoms with Crippen molar-refractivity contribution in [2.75, 3.05) is 19.0 Å². The number of rotatable bonds is 6. The van der Waals surface area contributed by atoms with Gasteiger partial charge in [-0.15, -0.1) is 11.3 Å². The van der Waals surface area contributed by atoms with Gasteiger partial charge in [-0.1, -0.05) is 0 Å². The fourth-order valence-electron chi connectivity index (χ4n) is 3.79. The highest BCUT2D eigenvalue weighted by Crippen LogP contribution is 2.37. The second kappa shape index (κ2) is 10.9. The van der Waals surface area contributed by atoms with Gasteiger partial charge in [-0.2, -0.15) is 5.26 Å². The molecule has 0 bridgehead atoms. The lowest BCUT2D eigenvalue weighted by Gasteiger charge is -2.29. The van der Waals surface area contributed by atoms with Crippen LogP contribution in [0, 0.1) is 11.3 Å². The molecule has 0 spiro atoms. The highest BCUT2D eigenvalue weighted by Gasteiger charge is 2.32. The van der Waals surface area contributed by atoms with Crippen LogP contribution in [0.15, 0.2) is 38.6 Å². The number of benzene rings is 1. The summed E-state index contributed by atoms with van der Waals surface area (Å²) < 4.78 is 17.1. The lowest BCUT2D eigenvalue weighted by atomic mass is 10.0. The number of thiophene rings is 1. The largest absolute Gasteiger partial charge is 0.497 e. The van der Waals surface area contributed by atoms with Crippen LogP contribution in [0.1, 0.15) is 43.7 Å². The van der Waals surface area contributed by atoms with Gasteiger partial charge in [-0.25, -0.2) is 9.59 Å². The highest BCUT2D eigenvalue weighted by atomic mass is 32.2. The molecule has 0 aliphatic carbocycles. The van der Waals surface area contributed by atoms with Crippen LogP contribution in [0.5, 0.6) is 5.75 Å². The molecule has 0 saturated carbocycles. The van der Waals surface area contributed by atoms with E-state index in [1.54, 1.807) is 43.2 Å². The summed E-state index contributed by atoms with van der Waals surface area (Å²) in [7, 11) is 1.56. The maximum atomic E-state index is 13.1. The Morgan fingerprint density at radius 2 is 2.03 bits per heavy atom. The lowest BCUT2D eigenvalue weighted by Crippen LogP contribution is -2.39. The first kappa shape index (κ1) is 27.3. The molecule has 11 nitrogen and oxygen atoms in total. The van der Waals surface area contributed by atoms with Crippen molar-refractivity contribution in [3.05, 3.63) is 50.7 Å². The van der Waals surface area contributed by atoms with E-state index in [0.717, 1.165) is 22.2 Å². The lowest BCUT2D eigenvalue weighted by molar-refractivity contribution is -0.704. The Labute approximate surface area is 227 Å². The molecule has 200 valence electrons. The number of H-pyrrole nitrogens is 1. The van der Waals surface area contributed by atoms with Crippen LogP contribution in [0.4, 0.5) is 9.80 Å². The van der Waals surface area contributed by atoms with E-state index in [2.05, 4.69) is 16.7 Å². The van der Waals surface area contributed by atoms with Crippen LogP contribution in [0.3, 0.4) is 0 Å². The van der Waals surface area contributed by atoms with Crippen LogP contribution in [-0.2, 0) is 22.5 Å². The van der Waals surface area contributed by atoms with Crippen LogP contribution >= 0.6 is 23.1 Å². The number of fused-ring (bicyclic) bond motifs is 1. The Kier molecular flexibility index (Phi) is 7.84. The van der Waals surface area contributed by atoms with Gasteiger partial charge in [-0.3, -0.25) is 9.32 Å². The minimum Gasteiger partial charge on any atom is -0.497 e. The summed E-state index contributed by atoms with van der Waals surface area (Å²) in [6.45, 7) is 7.80. The van der Waals surface area contributed by atoms with Gasteiger partial charge in [0.15, 0.2) is 0 Å². The monoisotopic (exact) mass is 558 g/mol. The number of amides is 2. The summed E-state index contributed by atoms with van der Waals surface area (Å²) in [6.07, 6.45) is 0.0709. The SMILES string of the molecule is COc1ccc(-[n+]2[nH]oc(=O)c2SC(C)C(=O)Nc2sc3c(c2C#N)CCN(C(=O)OC(C)(C)C)C3)cc1. The van der Waals surface area contributed by atoms with Crippen molar-refractivity contribution in [3.8, 4) is 17.5 Å². The van der Waals surface area contributed by atoms with Crippen molar-refractivity contribution in [1.82, 2.24) is 10.2 Å². The second-order valence-corrected chi connectivity index (χ2v) is 12.0. The topological polar surface area (TPSA) is 142 Å². The third-order valence-electron chi connectivity index (χ3n) is 5.65. The Hall–Kier alpha value is -3.76. The number of methoxy groups -OCH3 is 1. The van der Waals surface area contributed by atoms with Gasteiger partial charge in [0.2, 0.25) is 11.6 Å². The standard InChI is InChI=1S/C25H27N5O6S2/c1-14(37-22-23(32)36-28-30(22)15-6-8-16(34-5)9-7-15)20(31)27-21-18(12-26)17-10-11-29(13-19(17)38-21)24(33)35-25(2,3)4/h6-9,14H,10-11,13H2,1-5H3,(H-,27,28,31,32)/p+1. The van der Waals surface area contributed by atoms with E-state index < -0.39 is 22.6 Å². The summed E-state index contributed by atoms with van der Waals surface area (Å²) in [5.74, 6) is 0.277. The maximum absolute atomic E-state index is 13.1. The molecule has 3 heterocycles. The Morgan fingerprint density at radius 3 is 2.66 bits per heavy atom. The summed E-state index contributed by atoms with van der Waals surface area (Å²) >= 11 is 2.30. The molecule has 13 heteroatoms. The molecule has 4 rings (SSSR count). The molecule has 1 aliphatic heterocycles. The Balaban J connectivity index is 1.48. The molecule has 2 aromatic heterocycles. The summed E-state index contributed by atoms with van der Waals surface area (Å²) in [5, 5.41) is 15.1. The van der Waals surface area contributed by atoms with E-state index >= 15 is 0 Å². The number of nitrogens with zero attached hydrogens (tertiary/aromatic N) is 3. The van der Waals surface area contributed by atoms with Crippen molar-refractivity contribution in [3.63, 3.8) is 0 Å². The number of nitriles is 1. The van der Waals surface area contributed by atoms with Crippen LogP contribution < -0.4 is 20.4 Å². The zero-order valence-electron chi connectivity index (χ0n) is 21.6. The molecule has 3 aromatic rings. The number of ether oxygens (including phenoxy) is 2. The molecule has 2 N–H and O–H groups in total. The highest BCUT2D eigenvalue weighted by molar-refractivity contribution is 8.00. The number of carbonyl (C=O) groups excluding carboxylic acids is 2. The predicted molar refractivity (Wildman–Crippen MR) is 141 cm³/mol. The van der Waals surface area contributed by atoms with E-state index in [-0.39, 0.29) is 10.9 Å². The van der Waals surface area contributed by atoms with Crippen molar-refractivity contribution in [1.29, 1.82) is 5.26 Å². The molecule has 1 aliphatic rings. The van der Waals surface area contributed by atoms with Gasteiger partial charge in [0.05, 0.1) is 24.5 Å². The van der Waals surface area contributed by atoms with E-state index in [9.17, 15) is 19.6 Å². The minimum absolute atomic E-state index is 0.191. The van der Waals surface area contributed by atoms with E-state index in [0.29, 0.717) is 41.5 Å². The van der Waals surface area contributed by atoms with Gasteiger partial charge in [0.25, 0.3) is 0 Å². The number of carbonyl (C=O) groups is 2. The molecule has 1 atom stereocenters. The van der Waals surface area contributed by atoms with Gasteiger partial charge < -0.3 is 19.7 Å². The van der Waals surface area contributed by atoms with E-state index in [4.69, 9.17) is 14.0 Å². The molecule has 0 saturated heterocycles. The second-order valence-electron chi connectivity index (χ2n) is 9.54. The van der Waals surface area contributed by atoms with Gasteiger partial charge in [0.1, 0.15) is 22.4 Å². The first-order valence-electron chi connectivity index (χ1n) is 11.8. The normalized spacial score (nSPS) is 13.8. The van der Waals surface area contributed by atoms with Gasteiger partial charge in [0, 0.05) is 23.6 Å². The molecular weight excluding hydrogens is 530 g/mol. The van der Waals surface area contributed by atoms with Crippen molar-refractivity contribution in [2.45, 2.75) is 56.5 Å². The zero-order chi connectivity index (χ0) is 27.6. The number of hydrogen-bond acceptors (Lipinski definition) is 9. The van der Waals surface area contributed by atoms with Crippen LogP contribution in [-0.4, -0.2) is 46.7 Å². The van der Waals surface area contributed by atoms with Crippen molar-refractivity contribution in [2.24, 2.45) is 0 Å². The molecule has 2 amide bonds. The molecule has 0 fully saturated rings. The zero-order valence-corrected chi connectivity index (χ0v) is 23.2. The summed E-state index contributed by atoms with van der Waals surface area (Å²) in [4.78, 5) is 40.4. The van der Waals surface area contributed by atoms with E-state index in [1.165, 1.54) is 16.0 Å². The first-order valence-corrected chi connectivity index (χ1v) is 13.5. The molecule has 38 heavy (non-hydrogen) atoms. The van der Waals surface area contributed by atoms with Crippen molar-refractivity contribution >= 4 is 40.1 Å². The van der Waals surface area contributed by atoms with Crippen molar-refractivity contribution < 1.29 is 28.3 Å². The fraction of sp³-hybridized carbons (Fsp3) is 0.400. The Bertz CT molecular complexity index is 1440. The maximum Gasteiger partial charge on any atom is 0.442 e. The number of aromatic amines is 1. The molecule has 1 aromatic carbocycles. The third kappa shape index (κ3) is 5.87. The average Bonchev–Trinajstić information content (AvgIpc) is 3.41. The number of hydrogen-bond donors (Lipinski definition) is 2.